The number of nitriles is 1. The summed E-state index contributed by atoms with van der Waals surface area (Å²) in [6.07, 6.45) is 0.300. The Morgan fingerprint density at radius 1 is 1.42 bits per heavy atom. The van der Waals surface area contributed by atoms with Crippen molar-refractivity contribution in [1.29, 1.82) is 5.26 Å². The molecule has 0 spiro atoms. The first-order chi connectivity index (χ1) is 12.7. The van der Waals surface area contributed by atoms with Crippen LogP contribution in [-0.4, -0.2) is 31.9 Å². The van der Waals surface area contributed by atoms with E-state index in [0.717, 1.165) is 4.88 Å². The van der Waals surface area contributed by atoms with Gasteiger partial charge in [0.15, 0.2) is 0 Å². The summed E-state index contributed by atoms with van der Waals surface area (Å²) < 4.78 is 1.72. The Labute approximate surface area is 163 Å². The number of hydrogen-bond donors (Lipinski definition) is 1. The second-order valence-electron chi connectivity index (χ2n) is 5.15. The van der Waals surface area contributed by atoms with E-state index in [4.69, 9.17) is 16.9 Å². The van der Waals surface area contributed by atoms with Crippen LogP contribution in [0.1, 0.15) is 16.9 Å². The summed E-state index contributed by atoms with van der Waals surface area (Å²) in [5, 5.41) is 26.3. The van der Waals surface area contributed by atoms with Gasteiger partial charge in [-0.3, -0.25) is 4.79 Å². The van der Waals surface area contributed by atoms with E-state index in [2.05, 4.69) is 20.8 Å². The number of aromatic nitrogens is 4. The van der Waals surface area contributed by atoms with E-state index in [1.54, 1.807) is 34.2 Å². The molecular formula is C16H13ClN6OS2. The van der Waals surface area contributed by atoms with Crippen LogP contribution in [0.4, 0.5) is 5.69 Å². The predicted octanol–water partition coefficient (Wildman–Crippen LogP) is 3.43. The number of amides is 1. The van der Waals surface area contributed by atoms with Gasteiger partial charge in [-0.15, -0.1) is 16.4 Å². The summed E-state index contributed by atoms with van der Waals surface area (Å²) in [6.45, 7) is 0.614. The molecule has 10 heteroatoms. The van der Waals surface area contributed by atoms with Gasteiger partial charge in [-0.25, -0.2) is 4.68 Å². The number of nitrogens with one attached hydrogen (secondary N) is 1. The van der Waals surface area contributed by atoms with Gasteiger partial charge in [0.1, 0.15) is 6.07 Å². The molecule has 0 fully saturated rings. The average molecular weight is 405 g/mol. The highest BCUT2D eigenvalue weighted by atomic mass is 35.5. The first kappa shape index (κ1) is 18.4. The lowest BCUT2D eigenvalue weighted by molar-refractivity contribution is -0.115. The monoisotopic (exact) mass is 404 g/mol. The Balaban J connectivity index is 1.49. The Hall–Kier alpha value is -2.41. The van der Waals surface area contributed by atoms with Crippen molar-refractivity contribution in [2.45, 2.75) is 18.1 Å². The number of halogens is 1. The molecule has 0 unspecified atom stereocenters. The maximum atomic E-state index is 12.1. The highest BCUT2D eigenvalue weighted by molar-refractivity contribution is 7.99. The molecule has 3 rings (SSSR count). The highest BCUT2D eigenvalue weighted by Gasteiger charge is 2.10. The summed E-state index contributed by atoms with van der Waals surface area (Å²) in [5.41, 5.74) is 0.935. The lowest BCUT2D eigenvalue weighted by Gasteiger charge is -2.06. The zero-order valence-corrected chi connectivity index (χ0v) is 15.8. The molecule has 0 saturated carbocycles. The number of benzene rings is 1. The molecule has 26 heavy (non-hydrogen) atoms. The number of anilines is 1. The normalized spacial score (nSPS) is 10.5. The van der Waals surface area contributed by atoms with Gasteiger partial charge in [-0.2, -0.15) is 5.26 Å². The number of hydrogen-bond acceptors (Lipinski definition) is 7. The molecular weight excluding hydrogens is 392 g/mol. The smallest absolute Gasteiger partial charge is 0.225 e. The lowest BCUT2D eigenvalue weighted by Crippen LogP contribution is -2.12. The van der Waals surface area contributed by atoms with Crippen LogP contribution in [0.2, 0.25) is 5.02 Å². The van der Waals surface area contributed by atoms with Crippen LogP contribution in [0.25, 0.3) is 0 Å². The molecule has 1 amide bonds. The van der Waals surface area contributed by atoms with Gasteiger partial charge < -0.3 is 5.32 Å². The van der Waals surface area contributed by atoms with Crippen LogP contribution in [0.5, 0.6) is 0 Å². The fraction of sp³-hybridized carbons (Fsp3) is 0.188. The summed E-state index contributed by atoms with van der Waals surface area (Å²) in [5.74, 6) is 0.399. The summed E-state index contributed by atoms with van der Waals surface area (Å²) in [4.78, 5) is 13.2. The van der Waals surface area contributed by atoms with E-state index in [1.165, 1.54) is 11.8 Å². The van der Waals surface area contributed by atoms with Crippen molar-refractivity contribution < 1.29 is 4.79 Å². The highest BCUT2D eigenvalue weighted by Crippen LogP contribution is 2.21. The van der Waals surface area contributed by atoms with Crippen molar-refractivity contribution >= 4 is 46.3 Å². The van der Waals surface area contributed by atoms with Crippen molar-refractivity contribution in [1.82, 2.24) is 20.2 Å². The quantitative estimate of drug-likeness (QED) is 0.606. The molecule has 1 N–H and O–H groups in total. The largest absolute Gasteiger partial charge is 0.326 e. The van der Waals surface area contributed by atoms with Gasteiger partial charge in [0.25, 0.3) is 0 Å². The molecule has 132 valence electrons. The molecule has 0 aliphatic rings. The third kappa shape index (κ3) is 4.82. The Morgan fingerprint density at radius 2 is 2.31 bits per heavy atom. The third-order valence-electron chi connectivity index (χ3n) is 3.32. The minimum atomic E-state index is -0.143. The van der Waals surface area contributed by atoms with Gasteiger partial charge in [0.05, 0.1) is 17.1 Å². The first-order valence-electron chi connectivity index (χ1n) is 7.56. The van der Waals surface area contributed by atoms with Crippen LogP contribution in [-0.2, 0) is 11.3 Å². The van der Waals surface area contributed by atoms with Crippen LogP contribution in [0.15, 0.2) is 40.9 Å². The Bertz CT molecular complexity index is 935. The second-order valence-corrected chi connectivity index (χ2v) is 7.65. The first-order valence-corrected chi connectivity index (χ1v) is 9.81. The zero-order chi connectivity index (χ0) is 18.4. The average Bonchev–Trinajstić information content (AvgIpc) is 3.28. The number of nitrogens with zero attached hydrogens (tertiary/aromatic N) is 5. The number of thioether (sulfide) groups is 1. The van der Waals surface area contributed by atoms with E-state index < -0.39 is 0 Å². The third-order valence-corrected chi connectivity index (χ3v) is 5.45. The molecule has 2 heterocycles. The number of carbonyl (C=O) groups is 1. The molecule has 2 aromatic heterocycles. The minimum absolute atomic E-state index is 0.143. The maximum Gasteiger partial charge on any atom is 0.225 e. The Morgan fingerprint density at radius 3 is 3.04 bits per heavy atom. The number of tetrazole rings is 1. The molecule has 0 atom stereocenters. The molecule has 3 aromatic rings. The van der Waals surface area contributed by atoms with E-state index >= 15 is 0 Å². The summed E-state index contributed by atoms with van der Waals surface area (Å²) in [6, 6.07) is 10.8. The van der Waals surface area contributed by atoms with Crippen molar-refractivity contribution in [3.05, 3.63) is 51.2 Å². The molecule has 0 aliphatic carbocycles. The summed E-state index contributed by atoms with van der Waals surface area (Å²) >= 11 is 9.03. The van der Waals surface area contributed by atoms with Crippen LogP contribution < -0.4 is 5.32 Å². The predicted molar refractivity (Wildman–Crippen MR) is 101 cm³/mol. The lowest BCUT2D eigenvalue weighted by atomic mass is 10.2. The molecule has 0 bridgehead atoms. The van der Waals surface area contributed by atoms with Crippen molar-refractivity contribution in [3.63, 3.8) is 0 Å². The van der Waals surface area contributed by atoms with Crippen LogP contribution in [0, 0.1) is 11.3 Å². The number of thiophene rings is 1. The van der Waals surface area contributed by atoms with Crippen LogP contribution >= 0.6 is 34.7 Å². The molecule has 7 nitrogen and oxygen atoms in total. The van der Waals surface area contributed by atoms with Gasteiger partial charge in [0.2, 0.25) is 11.1 Å². The second kappa shape index (κ2) is 8.80. The van der Waals surface area contributed by atoms with E-state index in [1.807, 2.05) is 23.6 Å². The molecule has 0 radical (unpaired) electrons. The van der Waals surface area contributed by atoms with E-state index in [9.17, 15) is 4.79 Å². The maximum absolute atomic E-state index is 12.1. The topological polar surface area (TPSA) is 96.5 Å². The molecule has 0 saturated heterocycles. The van der Waals surface area contributed by atoms with Gasteiger partial charge in [0, 0.05) is 22.7 Å². The SMILES string of the molecule is N#Cc1ccc(NC(=O)CCSc2nnnn2Cc2cccs2)cc1Cl. The summed E-state index contributed by atoms with van der Waals surface area (Å²) in [7, 11) is 0. The van der Waals surface area contributed by atoms with Gasteiger partial charge in [-0.1, -0.05) is 29.4 Å². The van der Waals surface area contributed by atoms with Crippen LogP contribution in [0.3, 0.4) is 0 Å². The molecule has 1 aromatic carbocycles. The fourth-order valence-electron chi connectivity index (χ4n) is 2.09. The van der Waals surface area contributed by atoms with Crippen molar-refractivity contribution in [2.75, 3.05) is 11.1 Å². The number of carbonyl (C=O) groups excluding carboxylic acids is 1. The van der Waals surface area contributed by atoms with Gasteiger partial charge >= 0.3 is 0 Å². The Kier molecular flexibility index (Phi) is 6.22. The van der Waals surface area contributed by atoms with E-state index in [0.29, 0.717) is 40.1 Å². The van der Waals surface area contributed by atoms with E-state index in [-0.39, 0.29) is 5.91 Å². The number of rotatable bonds is 7. The van der Waals surface area contributed by atoms with Crippen molar-refractivity contribution in [3.8, 4) is 6.07 Å². The zero-order valence-electron chi connectivity index (χ0n) is 13.4. The van der Waals surface area contributed by atoms with Gasteiger partial charge in [-0.05, 0) is 40.1 Å². The minimum Gasteiger partial charge on any atom is -0.326 e. The van der Waals surface area contributed by atoms with Crippen molar-refractivity contribution in [2.24, 2.45) is 0 Å². The fourth-order valence-corrected chi connectivity index (χ4v) is 3.81. The molecule has 0 aliphatic heterocycles. The standard InChI is InChI=1S/C16H13ClN6OS2/c17-14-8-12(4-3-11(14)9-18)19-15(24)5-7-26-16-20-21-22-23(16)10-13-2-1-6-25-13/h1-4,6,8H,5,7,10H2,(H,19,24).